The molecule has 0 unspecified atom stereocenters. The van der Waals surface area contributed by atoms with Crippen molar-refractivity contribution in [1.29, 1.82) is 5.26 Å². The molecule has 1 aliphatic carbocycles. The summed E-state index contributed by atoms with van der Waals surface area (Å²) >= 11 is 0. The molecule has 0 bridgehead atoms. The van der Waals surface area contributed by atoms with Crippen molar-refractivity contribution in [3.05, 3.63) is 35.1 Å². The highest BCUT2D eigenvalue weighted by Crippen LogP contribution is 2.28. The van der Waals surface area contributed by atoms with Crippen LogP contribution in [0.4, 0.5) is 4.39 Å². The summed E-state index contributed by atoms with van der Waals surface area (Å²) in [5.41, 5.74) is 0.993. The molecular weight excluding hydrogens is 273 g/mol. The predicted molar refractivity (Wildman–Crippen MR) is 73.7 cm³/mol. The van der Waals surface area contributed by atoms with Gasteiger partial charge in [-0.05, 0) is 49.4 Å². The summed E-state index contributed by atoms with van der Waals surface area (Å²) in [6, 6.07) is 6.09. The quantitative estimate of drug-likeness (QED) is 0.800. The molecule has 1 fully saturated rings. The van der Waals surface area contributed by atoms with Gasteiger partial charge in [0, 0.05) is 0 Å². The Morgan fingerprint density at radius 2 is 2.10 bits per heavy atom. The third-order valence-corrected chi connectivity index (χ3v) is 3.87. The number of hydrogen-bond acceptors (Lipinski definition) is 4. The number of ether oxygens (including phenoxy) is 2. The van der Waals surface area contributed by atoms with E-state index in [9.17, 15) is 9.18 Å². The number of carbonyl (C=O) groups is 1. The van der Waals surface area contributed by atoms with Crippen LogP contribution in [0, 0.1) is 23.1 Å². The van der Waals surface area contributed by atoms with Crippen molar-refractivity contribution in [2.45, 2.75) is 38.4 Å². The summed E-state index contributed by atoms with van der Waals surface area (Å²) in [6.07, 6.45) is 3.08. The van der Waals surface area contributed by atoms with Crippen LogP contribution in [0.25, 0.3) is 0 Å². The van der Waals surface area contributed by atoms with Crippen molar-refractivity contribution in [2.24, 2.45) is 5.92 Å². The summed E-state index contributed by atoms with van der Waals surface area (Å²) in [4.78, 5) is 11.4. The Bertz CT molecular complexity index is 545. The van der Waals surface area contributed by atoms with Crippen LogP contribution >= 0.6 is 0 Å². The van der Waals surface area contributed by atoms with E-state index in [1.807, 2.05) is 6.07 Å². The van der Waals surface area contributed by atoms with Crippen LogP contribution in [0.3, 0.4) is 0 Å². The first-order valence-electron chi connectivity index (χ1n) is 7.02. The summed E-state index contributed by atoms with van der Waals surface area (Å²) in [6.45, 7) is 0.216. The van der Waals surface area contributed by atoms with Crippen molar-refractivity contribution in [3.63, 3.8) is 0 Å². The average Bonchev–Trinajstić information content (AvgIpc) is 2.52. The second kappa shape index (κ2) is 7.19. The highest BCUT2D eigenvalue weighted by molar-refractivity contribution is 5.72. The Kier molecular flexibility index (Phi) is 5.29. The van der Waals surface area contributed by atoms with Crippen molar-refractivity contribution in [2.75, 3.05) is 7.11 Å². The maximum atomic E-state index is 13.2. The zero-order chi connectivity index (χ0) is 15.2. The zero-order valence-corrected chi connectivity index (χ0v) is 12.0. The van der Waals surface area contributed by atoms with Gasteiger partial charge in [0.05, 0.1) is 37.4 Å². The zero-order valence-electron chi connectivity index (χ0n) is 12.0. The van der Waals surface area contributed by atoms with Gasteiger partial charge in [-0.15, -0.1) is 0 Å². The number of benzene rings is 1. The Morgan fingerprint density at radius 1 is 1.38 bits per heavy atom. The average molecular weight is 291 g/mol. The van der Waals surface area contributed by atoms with Crippen LogP contribution in [0.2, 0.25) is 0 Å². The van der Waals surface area contributed by atoms with Gasteiger partial charge >= 0.3 is 5.97 Å². The van der Waals surface area contributed by atoms with E-state index in [0.29, 0.717) is 11.1 Å². The van der Waals surface area contributed by atoms with E-state index in [2.05, 4.69) is 0 Å². The normalized spacial score (nSPS) is 21.6. The number of rotatable bonds is 4. The van der Waals surface area contributed by atoms with E-state index < -0.39 is 0 Å². The molecule has 2 rings (SSSR count). The van der Waals surface area contributed by atoms with Gasteiger partial charge in [0.15, 0.2) is 0 Å². The Morgan fingerprint density at radius 3 is 2.71 bits per heavy atom. The van der Waals surface area contributed by atoms with Crippen LogP contribution in [-0.4, -0.2) is 19.2 Å². The maximum absolute atomic E-state index is 13.2. The molecule has 0 aromatic heterocycles. The molecule has 21 heavy (non-hydrogen) atoms. The third-order valence-electron chi connectivity index (χ3n) is 3.87. The minimum Gasteiger partial charge on any atom is -0.469 e. The van der Waals surface area contributed by atoms with Crippen LogP contribution in [-0.2, 0) is 20.9 Å². The SMILES string of the molecule is COC(=O)C1CCC(OCc2cc(F)ccc2C#N)CC1. The van der Waals surface area contributed by atoms with E-state index in [-0.39, 0.29) is 30.4 Å². The molecule has 112 valence electrons. The molecule has 0 radical (unpaired) electrons. The predicted octanol–water partition coefficient (Wildman–Crippen LogP) is 2.95. The molecule has 0 saturated heterocycles. The molecule has 0 spiro atoms. The van der Waals surface area contributed by atoms with Gasteiger partial charge in [-0.25, -0.2) is 4.39 Å². The number of halogens is 1. The topological polar surface area (TPSA) is 59.3 Å². The smallest absolute Gasteiger partial charge is 0.308 e. The van der Waals surface area contributed by atoms with Gasteiger partial charge in [-0.3, -0.25) is 4.79 Å². The summed E-state index contributed by atoms with van der Waals surface area (Å²) < 4.78 is 23.7. The first kappa shape index (κ1) is 15.5. The fourth-order valence-corrected chi connectivity index (χ4v) is 2.63. The van der Waals surface area contributed by atoms with E-state index in [0.717, 1.165) is 25.7 Å². The number of esters is 1. The molecule has 1 aromatic carbocycles. The minimum atomic E-state index is -0.373. The number of carbonyl (C=O) groups excluding carboxylic acids is 1. The molecule has 1 aromatic rings. The van der Waals surface area contributed by atoms with E-state index in [1.165, 1.54) is 25.3 Å². The molecule has 5 heteroatoms. The molecule has 0 N–H and O–H groups in total. The largest absolute Gasteiger partial charge is 0.469 e. The molecule has 1 saturated carbocycles. The lowest BCUT2D eigenvalue weighted by Gasteiger charge is -2.27. The molecule has 4 nitrogen and oxygen atoms in total. The highest BCUT2D eigenvalue weighted by atomic mass is 19.1. The van der Waals surface area contributed by atoms with Crippen molar-refractivity contribution < 1.29 is 18.7 Å². The van der Waals surface area contributed by atoms with Gasteiger partial charge in [0.25, 0.3) is 0 Å². The number of nitriles is 1. The highest BCUT2D eigenvalue weighted by Gasteiger charge is 2.27. The van der Waals surface area contributed by atoms with Gasteiger partial charge in [0.2, 0.25) is 0 Å². The first-order valence-corrected chi connectivity index (χ1v) is 7.02. The number of methoxy groups -OCH3 is 1. The van der Waals surface area contributed by atoms with Gasteiger partial charge < -0.3 is 9.47 Å². The fraction of sp³-hybridized carbons (Fsp3) is 0.500. The van der Waals surface area contributed by atoms with Crippen molar-refractivity contribution in [1.82, 2.24) is 0 Å². The van der Waals surface area contributed by atoms with Crippen LogP contribution in [0.15, 0.2) is 18.2 Å². The van der Waals surface area contributed by atoms with Crippen molar-refractivity contribution >= 4 is 5.97 Å². The second-order valence-corrected chi connectivity index (χ2v) is 5.22. The number of hydrogen-bond donors (Lipinski definition) is 0. The molecule has 0 aliphatic heterocycles. The lowest BCUT2D eigenvalue weighted by atomic mass is 9.87. The second-order valence-electron chi connectivity index (χ2n) is 5.22. The monoisotopic (exact) mass is 291 g/mol. The lowest BCUT2D eigenvalue weighted by Crippen LogP contribution is -2.27. The molecule has 1 aliphatic rings. The molecule has 0 amide bonds. The van der Waals surface area contributed by atoms with E-state index in [1.54, 1.807) is 0 Å². The maximum Gasteiger partial charge on any atom is 0.308 e. The summed E-state index contributed by atoms with van der Waals surface area (Å²) in [5.74, 6) is -0.578. The summed E-state index contributed by atoms with van der Waals surface area (Å²) in [5, 5.41) is 8.99. The van der Waals surface area contributed by atoms with Gasteiger partial charge in [-0.1, -0.05) is 0 Å². The number of nitrogens with zero attached hydrogens (tertiary/aromatic N) is 1. The molecule has 0 atom stereocenters. The Balaban J connectivity index is 1.87. The van der Waals surface area contributed by atoms with Crippen LogP contribution in [0.1, 0.15) is 36.8 Å². The van der Waals surface area contributed by atoms with E-state index in [4.69, 9.17) is 14.7 Å². The van der Waals surface area contributed by atoms with Gasteiger partial charge in [0.1, 0.15) is 5.82 Å². The third kappa shape index (κ3) is 4.02. The Labute approximate surface area is 123 Å². The van der Waals surface area contributed by atoms with Gasteiger partial charge in [-0.2, -0.15) is 5.26 Å². The first-order chi connectivity index (χ1) is 10.1. The Hall–Kier alpha value is -1.93. The van der Waals surface area contributed by atoms with Crippen molar-refractivity contribution in [3.8, 4) is 6.07 Å². The standard InChI is InChI=1S/C16H18FNO3/c1-20-16(19)11-3-6-15(7-4-11)21-10-13-8-14(17)5-2-12(13)9-18/h2,5,8,11,15H,3-4,6-7,10H2,1H3. The van der Waals surface area contributed by atoms with Crippen LogP contribution < -0.4 is 0 Å². The minimum absolute atomic E-state index is 0.0423. The molecular formula is C16H18FNO3. The van der Waals surface area contributed by atoms with E-state index >= 15 is 0 Å². The fourth-order valence-electron chi connectivity index (χ4n) is 2.63. The lowest BCUT2D eigenvalue weighted by molar-refractivity contribution is -0.147. The summed E-state index contributed by atoms with van der Waals surface area (Å²) in [7, 11) is 1.40. The molecule has 0 heterocycles. The van der Waals surface area contributed by atoms with Crippen LogP contribution in [0.5, 0.6) is 0 Å².